The van der Waals surface area contributed by atoms with Crippen molar-refractivity contribution in [2.45, 2.75) is 6.92 Å². The monoisotopic (exact) mass is 383 g/mol. The summed E-state index contributed by atoms with van der Waals surface area (Å²) in [5, 5.41) is 5.13. The molecule has 6 aromatic rings. The molecule has 1 heteroatoms. The lowest BCUT2D eigenvalue weighted by Gasteiger charge is -2.15. The zero-order chi connectivity index (χ0) is 20.1. The summed E-state index contributed by atoms with van der Waals surface area (Å²) in [6.45, 7) is 2.13. The molecule has 0 saturated carbocycles. The summed E-state index contributed by atoms with van der Waals surface area (Å²) in [6.07, 6.45) is 0. The second kappa shape index (κ2) is 6.60. The normalized spacial score (nSPS) is 11.5. The van der Waals surface area contributed by atoms with Crippen molar-refractivity contribution in [2.75, 3.05) is 0 Å². The van der Waals surface area contributed by atoms with Gasteiger partial charge >= 0.3 is 0 Å². The van der Waals surface area contributed by atoms with E-state index >= 15 is 0 Å². The molecule has 1 heterocycles. The molecular formula is C29H21N. The molecule has 1 nitrogen and oxygen atoms in total. The molecular weight excluding hydrogens is 362 g/mol. The third kappa shape index (κ3) is 2.49. The van der Waals surface area contributed by atoms with E-state index in [-0.39, 0.29) is 0 Å². The van der Waals surface area contributed by atoms with Crippen LogP contribution in [0.4, 0.5) is 0 Å². The van der Waals surface area contributed by atoms with Gasteiger partial charge < -0.3 is 4.57 Å². The Morgan fingerprint density at radius 1 is 0.467 bits per heavy atom. The molecule has 0 aliphatic carbocycles. The van der Waals surface area contributed by atoms with Gasteiger partial charge in [-0.3, -0.25) is 0 Å². The number of rotatable bonds is 2. The molecule has 0 aliphatic heterocycles. The van der Waals surface area contributed by atoms with Crippen LogP contribution < -0.4 is 0 Å². The number of hydrogen-bond donors (Lipinski definition) is 0. The van der Waals surface area contributed by atoms with Crippen molar-refractivity contribution < 1.29 is 0 Å². The lowest BCUT2D eigenvalue weighted by atomic mass is 9.96. The zero-order valence-electron chi connectivity index (χ0n) is 16.8. The Morgan fingerprint density at radius 3 is 1.63 bits per heavy atom. The minimum absolute atomic E-state index is 1.22. The molecule has 0 fully saturated rings. The van der Waals surface area contributed by atoms with Gasteiger partial charge in [0.2, 0.25) is 0 Å². The highest BCUT2D eigenvalue weighted by atomic mass is 15.0. The summed E-state index contributed by atoms with van der Waals surface area (Å²) in [7, 11) is 0. The summed E-state index contributed by atoms with van der Waals surface area (Å²) < 4.78 is 2.41. The van der Waals surface area contributed by atoms with Crippen LogP contribution in [0, 0.1) is 6.92 Å². The zero-order valence-corrected chi connectivity index (χ0v) is 16.8. The lowest BCUT2D eigenvalue weighted by Crippen LogP contribution is -1.96. The van der Waals surface area contributed by atoms with Crippen LogP contribution in [-0.4, -0.2) is 4.57 Å². The molecule has 0 amide bonds. The third-order valence-electron chi connectivity index (χ3n) is 6.08. The number of aromatic nitrogens is 1. The van der Waals surface area contributed by atoms with Crippen molar-refractivity contribution in [2.24, 2.45) is 0 Å². The smallest absolute Gasteiger partial charge is 0.0541 e. The molecule has 0 radical (unpaired) electrons. The standard InChI is InChI=1S/C29H21N/c1-20-14-16-21(17-15-20)22-18-19-29(24-9-3-2-8-23(22)24)30-27-12-6-4-10-25(27)26-11-5-7-13-28(26)30/h2-19H,1H3. The van der Waals surface area contributed by atoms with Gasteiger partial charge in [-0.2, -0.15) is 0 Å². The van der Waals surface area contributed by atoms with Crippen LogP contribution in [0.2, 0.25) is 0 Å². The molecule has 0 aliphatic rings. The summed E-state index contributed by atoms with van der Waals surface area (Å²) >= 11 is 0. The average Bonchev–Trinajstić information content (AvgIpc) is 3.13. The van der Waals surface area contributed by atoms with Gasteiger partial charge in [-0.1, -0.05) is 96.6 Å². The van der Waals surface area contributed by atoms with E-state index in [1.165, 1.54) is 55.0 Å². The lowest BCUT2D eigenvalue weighted by molar-refractivity contribution is 1.20. The second-order valence-electron chi connectivity index (χ2n) is 7.91. The van der Waals surface area contributed by atoms with Crippen molar-refractivity contribution in [1.29, 1.82) is 0 Å². The Kier molecular flexibility index (Phi) is 3.75. The third-order valence-corrected chi connectivity index (χ3v) is 6.08. The maximum Gasteiger partial charge on any atom is 0.0541 e. The molecule has 0 spiro atoms. The van der Waals surface area contributed by atoms with E-state index in [1.807, 2.05) is 0 Å². The molecule has 0 bridgehead atoms. The van der Waals surface area contributed by atoms with Gasteiger partial charge in [0, 0.05) is 16.2 Å². The first kappa shape index (κ1) is 17.1. The molecule has 0 atom stereocenters. The number of nitrogens with zero attached hydrogens (tertiary/aromatic N) is 1. The van der Waals surface area contributed by atoms with Crippen LogP contribution in [-0.2, 0) is 0 Å². The van der Waals surface area contributed by atoms with Crippen LogP contribution in [0.5, 0.6) is 0 Å². The SMILES string of the molecule is Cc1ccc(-c2ccc(-n3c4ccccc4c4ccccc43)c3ccccc23)cc1. The molecule has 6 rings (SSSR count). The topological polar surface area (TPSA) is 4.93 Å². The molecule has 5 aromatic carbocycles. The van der Waals surface area contributed by atoms with Crippen LogP contribution in [0.15, 0.2) is 109 Å². The van der Waals surface area contributed by atoms with Crippen LogP contribution in [0.25, 0.3) is 49.4 Å². The summed E-state index contributed by atoms with van der Waals surface area (Å²) in [5.41, 5.74) is 7.52. The highest BCUT2D eigenvalue weighted by Gasteiger charge is 2.15. The summed E-state index contributed by atoms with van der Waals surface area (Å²) in [5.74, 6) is 0. The van der Waals surface area contributed by atoms with Gasteiger partial charge in [0.1, 0.15) is 0 Å². The highest BCUT2D eigenvalue weighted by Crippen LogP contribution is 2.37. The van der Waals surface area contributed by atoms with Gasteiger partial charge in [0.15, 0.2) is 0 Å². The van der Waals surface area contributed by atoms with Crippen molar-refractivity contribution in [1.82, 2.24) is 4.57 Å². The Morgan fingerprint density at radius 2 is 1.00 bits per heavy atom. The Hall–Kier alpha value is -3.84. The fourth-order valence-corrected chi connectivity index (χ4v) is 4.65. The van der Waals surface area contributed by atoms with Crippen molar-refractivity contribution in [3.05, 3.63) is 115 Å². The average molecular weight is 383 g/mol. The minimum atomic E-state index is 1.22. The van der Waals surface area contributed by atoms with Crippen LogP contribution in [0.3, 0.4) is 0 Å². The number of aryl methyl sites for hydroxylation is 1. The maximum absolute atomic E-state index is 2.41. The van der Waals surface area contributed by atoms with Crippen molar-refractivity contribution >= 4 is 32.6 Å². The first-order valence-electron chi connectivity index (χ1n) is 10.4. The van der Waals surface area contributed by atoms with E-state index in [4.69, 9.17) is 0 Å². The molecule has 1 aromatic heterocycles. The molecule has 0 saturated heterocycles. The first-order valence-corrected chi connectivity index (χ1v) is 10.4. The van der Waals surface area contributed by atoms with Gasteiger partial charge in [-0.25, -0.2) is 0 Å². The van der Waals surface area contributed by atoms with Gasteiger partial charge in [0.05, 0.1) is 16.7 Å². The first-order chi connectivity index (χ1) is 14.8. The van der Waals surface area contributed by atoms with E-state index in [0.29, 0.717) is 0 Å². The predicted molar refractivity (Wildman–Crippen MR) is 128 cm³/mol. The maximum atomic E-state index is 2.41. The summed E-state index contributed by atoms with van der Waals surface area (Å²) in [4.78, 5) is 0. The molecule has 0 unspecified atom stereocenters. The van der Waals surface area contributed by atoms with Gasteiger partial charge in [0.25, 0.3) is 0 Å². The van der Waals surface area contributed by atoms with Crippen LogP contribution >= 0.6 is 0 Å². The fraction of sp³-hybridized carbons (Fsp3) is 0.0345. The van der Waals surface area contributed by atoms with Crippen molar-refractivity contribution in [3.63, 3.8) is 0 Å². The van der Waals surface area contributed by atoms with Crippen LogP contribution in [0.1, 0.15) is 5.56 Å². The number of hydrogen-bond acceptors (Lipinski definition) is 0. The second-order valence-corrected chi connectivity index (χ2v) is 7.91. The van der Waals surface area contributed by atoms with E-state index in [0.717, 1.165) is 0 Å². The van der Waals surface area contributed by atoms with E-state index in [9.17, 15) is 0 Å². The minimum Gasteiger partial charge on any atom is -0.309 e. The summed E-state index contributed by atoms with van der Waals surface area (Å²) in [6, 6.07) is 39.5. The Balaban J connectivity index is 1.71. The van der Waals surface area contributed by atoms with E-state index in [2.05, 4.69) is 121 Å². The highest BCUT2D eigenvalue weighted by molar-refractivity contribution is 6.11. The number of fused-ring (bicyclic) bond motifs is 4. The number of para-hydroxylation sites is 2. The van der Waals surface area contributed by atoms with Gasteiger partial charge in [-0.05, 0) is 41.6 Å². The van der Waals surface area contributed by atoms with E-state index < -0.39 is 0 Å². The molecule has 30 heavy (non-hydrogen) atoms. The van der Waals surface area contributed by atoms with Gasteiger partial charge in [-0.15, -0.1) is 0 Å². The Bertz CT molecular complexity index is 1480. The van der Waals surface area contributed by atoms with E-state index in [1.54, 1.807) is 0 Å². The largest absolute Gasteiger partial charge is 0.309 e. The number of benzene rings is 5. The molecule has 142 valence electrons. The predicted octanol–water partition coefficient (Wildman–Crippen LogP) is 7.91. The van der Waals surface area contributed by atoms with Crippen molar-refractivity contribution in [3.8, 4) is 16.8 Å². The fourth-order valence-electron chi connectivity index (χ4n) is 4.65. The molecule has 0 N–H and O–H groups in total. The quantitative estimate of drug-likeness (QED) is 0.286. The Labute approximate surface area is 175 Å².